The summed E-state index contributed by atoms with van der Waals surface area (Å²) in [4.78, 5) is 0.925. The molecule has 0 radical (unpaired) electrons. The molecular weight excluding hydrogens is 306 g/mol. The van der Waals surface area contributed by atoms with Gasteiger partial charge >= 0.3 is 0 Å². The summed E-state index contributed by atoms with van der Waals surface area (Å²) >= 11 is 1.22. The highest BCUT2D eigenvalue weighted by molar-refractivity contribution is 7.92. The lowest BCUT2D eigenvalue weighted by molar-refractivity contribution is 0.355. The third-order valence-corrected chi connectivity index (χ3v) is 8.45. The Balaban J connectivity index is 2.32. The topological polar surface area (TPSA) is 71.5 Å². The van der Waals surface area contributed by atoms with E-state index in [4.69, 9.17) is 0 Å². The van der Waals surface area contributed by atoms with Crippen LogP contribution in [0.25, 0.3) is 0 Å². The second-order valence-electron chi connectivity index (χ2n) is 4.63. The van der Waals surface area contributed by atoms with Gasteiger partial charge in [-0.05, 0) is 25.5 Å². The molecule has 1 aromatic rings. The van der Waals surface area contributed by atoms with E-state index in [9.17, 15) is 16.8 Å². The highest BCUT2D eigenvalue weighted by Crippen LogP contribution is 2.28. The van der Waals surface area contributed by atoms with Gasteiger partial charge in [0, 0.05) is 17.5 Å². The fraction of sp³-hybridized carbons (Fsp3) is 0.636. The number of thiophene rings is 1. The normalized spacial score (nSPS) is 23.0. The van der Waals surface area contributed by atoms with E-state index in [1.54, 1.807) is 19.1 Å². The molecule has 0 N–H and O–H groups in total. The largest absolute Gasteiger partial charge is 0.252 e. The molecule has 0 aliphatic carbocycles. The Morgan fingerprint density at radius 2 is 2.11 bits per heavy atom. The molecule has 1 unspecified atom stereocenters. The zero-order valence-corrected chi connectivity index (χ0v) is 13.3. The third kappa shape index (κ3) is 3.01. The molecule has 0 aromatic carbocycles. The van der Waals surface area contributed by atoms with Crippen molar-refractivity contribution in [1.82, 2.24) is 4.31 Å². The summed E-state index contributed by atoms with van der Waals surface area (Å²) in [5.41, 5.74) is 0. The first-order valence-electron chi connectivity index (χ1n) is 6.05. The molecule has 0 saturated carbocycles. The first-order valence-corrected chi connectivity index (χ1v) is 10.1. The first kappa shape index (κ1) is 15.0. The zero-order valence-electron chi connectivity index (χ0n) is 10.9. The minimum absolute atomic E-state index is 0.0651. The molecule has 2 heterocycles. The van der Waals surface area contributed by atoms with Crippen LogP contribution in [-0.4, -0.2) is 45.2 Å². The predicted octanol–water partition coefficient (Wildman–Crippen LogP) is 1.25. The number of aryl methyl sites for hydroxylation is 1. The molecule has 2 rings (SSSR count). The van der Waals surface area contributed by atoms with Gasteiger partial charge in [0.25, 0.3) is 10.0 Å². The van der Waals surface area contributed by atoms with E-state index in [1.165, 1.54) is 15.6 Å². The molecule has 1 fully saturated rings. The van der Waals surface area contributed by atoms with Gasteiger partial charge in [-0.3, -0.25) is 0 Å². The van der Waals surface area contributed by atoms with Crippen molar-refractivity contribution in [2.45, 2.75) is 30.5 Å². The van der Waals surface area contributed by atoms with Crippen LogP contribution in [0, 0.1) is 6.92 Å². The Bertz CT molecular complexity index is 660. The lowest BCUT2D eigenvalue weighted by Crippen LogP contribution is -2.40. The number of sulfone groups is 1. The molecule has 8 heteroatoms. The molecule has 0 spiro atoms. The van der Waals surface area contributed by atoms with Crippen molar-refractivity contribution >= 4 is 31.2 Å². The fourth-order valence-electron chi connectivity index (χ4n) is 2.29. The van der Waals surface area contributed by atoms with Crippen LogP contribution in [0.4, 0.5) is 0 Å². The number of hydrogen-bond donors (Lipinski definition) is 0. The SMILES string of the molecule is CCN(C1CCS(=O)(=O)C1)S(=O)(=O)c1ccc(C)s1. The monoisotopic (exact) mass is 323 g/mol. The van der Waals surface area contributed by atoms with Crippen LogP contribution in [-0.2, 0) is 19.9 Å². The Hall–Kier alpha value is -0.440. The molecule has 0 bridgehead atoms. The van der Waals surface area contributed by atoms with Gasteiger partial charge < -0.3 is 0 Å². The van der Waals surface area contributed by atoms with Crippen molar-refractivity contribution in [3.8, 4) is 0 Å². The van der Waals surface area contributed by atoms with E-state index in [0.29, 0.717) is 13.0 Å². The van der Waals surface area contributed by atoms with Gasteiger partial charge in [0.1, 0.15) is 4.21 Å². The zero-order chi connectivity index (χ0) is 14.3. The number of hydrogen-bond acceptors (Lipinski definition) is 5. The van der Waals surface area contributed by atoms with Crippen LogP contribution < -0.4 is 0 Å². The average Bonchev–Trinajstić information content (AvgIpc) is 2.86. The van der Waals surface area contributed by atoms with Crippen LogP contribution >= 0.6 is 11.3 Å². The molecule has 0 amide bonds. The van der Waals surface area contributed by atoms with E-state index >= 15 is 0 Å². The van der Waals surface area contributed by atoms with Gasteiger partial charge in [0.05, 0.1) is 11.5 Å². The van der Waals surface area contributed by atoms with E-state index in [-0.39, 0.29) is 15.7 Å². The van der Waals surface area contributed by atoms with Crippen molar-refractivity contribution in [1.29, 1.82) is 0 Å². The number of sulfonamides is 1. The quantitative estimate of drug-likeness (QED) is 0.836. The fourth-order valence-corrected chi connectivity index (χ4v) is 7.19. The summed E-state index contributed by atoms with van der Waals surface area (Å²) in [6.45, 7) is 3.88. The summed E-state index contributed by atoms with van der Waals surface area (Å²) in [6, 6.07) is 2.92. The van der Waals surface area contributed by atoms with Crippen LogP contribution in [0.5, 0.6) is 0 Å². The lowest BCUT2D eigenvalue weighted by atomic mass is 10.3. The molecule has 5 nitrogen and oxygen atoms in total. The van der Waals surface area contributed by atoms with Crippen LogP contribution in [0.2, 0.25) is 0 Å². The standard InChI is InChI=1S/C11H17NO4S3/c1-3-12(10-6-7-18(13,14)8-10)19(15,16)11-5-4-9(2)17-11/h4-5,10H,3,6-8H2,1-2H3. The van der Waals surface area contributed by atoms with E-state index in [2.05, 4.69) is 0 Å². The number of rotatable bonds is 4. The Morgan fingerprint density at radius 3 is 2.53 bits per heavy atom. The van der Waals surface area contributed by atoms with Crippen molar-refractivity contribution in [3.63, 3.8) is 0 Å². The Kier molecular flexibility index (Phi) is 4.06. The minimum atomic E-state index is -3.58. The summed E-state index contributed by atoms with van der Waals surface area (Å²) < 4.78 is 49.7. The summed E-state index contributed by atoms with van der Waals surface area (Å²) in [5.74, 6) is 0.0115. The molecular formula is C11H17NO4S3. The van der Waals surface area contributed by atoms with Gasteiger partial charge in [-0.15, -0.1) is 11.3 Å². The molecule has 19 heavy (non-hydrogen) atoms. The van der Waals surface area contributed by atoms with Crippen molar-refractivity contribution in [2.24, 2.45) is 0 Å². The van der Waals surface area contributed by atoms with Gasteiger partial charge in [-0.25, -0.2) is 16.8 Å². The Labute approximate surface area is 118 Å². The molecule has 1 atom stereocenters. The molecule has 1 aliphatic rings. The van der Waals surface area contributed by atoms with E-state index in [1.807, 2.05) is 6.92 Å². The maximum absolute atomic E-state index is 12.5. The second kappa shape index (κ2) is 5.16. The molecule has 1 aliphatic heterocycles. The minimum Gasteiger partial charge on any atom is -0.229 e. The van der Waals surface area contributed by atoms with Crippen LogP contribution in [0.1, 0.15) is 18.2 Å². The van der Waals surface area contributed by atoms with Crippen molar-refractivity contribution in [3.05, 3.63) is 17.0 Å². The van der Waals surface area contributed by atoms with Gasteiger partial charge in [-0.1, -0.05) is 6.92 Å². The summed E-state index contributed by atoms with van der Waals surface area (Å²) in [6.07, 6.45) is 0.389. The van der Waals surface area contributed by atoms with Crippen molar-refractivity contribution in [2.75, 3.05) is 18.1 Å². The molecule has 1 aromatic heterocycles. The van der Waals surface area contributed by atoms with Crippen molar-refractivity contribution < 1.29 is 16.8 Å². The van der Waals surface area contributed by atoms with Gasteiger partial charge in [0.2, 0.25) is 0 Å². The summed E-state index contributed by atoms with van der Waals surface area (Å²) in [5, 5.41) is 0. The highest BCUT2D eigenvalue weighted by Gasteiger charge is 2.38. The van der Waals surface area contributed by atoms with Crippen LogP contribution in [0.15, 0.2) is 16.3 Å². The average molecular weight is 323 g/mol. The lowest BCUT2D eigenvalue weighted by Gasteiger charge is -2.25. The van der Waals surface area contributed by atoms with E-state index < -0.39 is 25.9 Å². The number of nitrogens with zero attached hydrogens (tertiary/aromatic N) is 1. The molecule has 1 saturated heterocycles. The van der Waals surface area contributed by atoms with E-state index in [0.717, 1.165) is 4.88 Å². The van der Waals surface area contributed by atoms with Crippen LogP contribution in [0.3, 0.4) is 0 Å². The maximum atomic E-state index is 12.5. The van der Waals surface area contributed by atoms with Gasteiger partial charge in [0.15, 0.2) is 9.84 Å². The Morgan fingerprint density at radius 1 is 1.42 bits per heavy atom. The predicted molar refractivity (Wildman–Crippen MR) is 75.7 cm³/mol. The third-order valence-electron chi connectivity index (χ3n) is 3.21. The summed E-state index contributed by atoms with van der Waals surface area (Å²) in [7, 11) is -6.67. The maximum Gasteiger partial charge on any atom is 0.252 e. The van der Waals surface area contributed by atoms with Gasteiger partial charge in [-0.2, -0.15) is 4.31 Å². The highest BCUT2D eigenvalue weighted by atomic mass is 32.2. The smallest absolute Gasteiger partial charge is 0.229 e. The first-order chi connectivity index (χ1) is 8.76. The molecule has 108 valence electrons. The second-order valence-corrected chi connectivity index (χ2v) is 10.3.